The van der Waals surface area contributed by atoms with Crippen LogP contribution in [0.1, 0.15) is 5.56 Å². The second kappa shape index (κ2) is 6.75. The molecule has 0 atom stereocenters. The highest BCUT2D eigenvalue weighted by Gasteiger charge is 2.38. The monoisotopic (exact) mass is 304 g/mol. The van der Waals surface area contributed by atoms with Gasteiger partial charge in [-0.1, -0.05) is 0 Å². The Kier molecular flexibility index (Phi) is 5.30. The van der Waals surface area contributed by atoms with E-state index in [4.69, 9.17) is 20.1 Å². The maximum atomic E-state index is 11.6. The predicted octanol–water partition coefficient (Wildman–Crippen LogP) is 1.52. The van der Waals surface area contributed by atoms with E-state index in [2.05, 4.69) is 0 Å². The van der Waals surface area contributed by atoms with Crippen LogP contribution in [0.3, 0.4) is 0 Å². The third kappa shape index (κ3) is 4.80. The number of nitrogens with zero attached hydrogens (tertiary/aromatic N) is 1. The summed E-state index contributed by atoms with van der Waals surface area (Å²) in [5.41, 5.74) is 6.87. The highest BCUT2D eigenvalue weighted by molar-refractivity contribution is 5.73. The lowest BCUT2D eigenvalue weighted by atomic mass is 10.2. The van der Waals surface area contributed by atoms with Gasteiger partial charge in [0.1, 0.15) is 6.26 Å². The van der Waals surface area contributed by atoms with Crippen molar-refractivity contribution in [2.24, 2.45) is 5.73 Å². The molecule has 21 heavy (non-hydrogen) atoms. The summed E-state index contributed by atoms with van der Waals surface area (Å²) in [6.07, 6.45) is -0.350. The lowest BCUT2D eigenvalue weighted by Crippen LogP contribution is -2.21. The molecule has 2 aromatic heterocycles. The van der Waals surface area contributed by atoms with Gasteiger partial charge >= 0.3 is 12.1 Å². The number of halogens is 3. The Balaban J connectivity index is 0.000000270. The standard InChI is InChI=1S/C10H10N2O2.C2HF3O2/c11-6-8-1-3-12(10(13)5-8)9-2-4-14-7-9;3-2(4,5)1(6)7/h1-5,7H,6,11H2;(H,6,7). The number of aliphatic carboxylic acids is 1. The number of carboxylic acid groups (broad SMARTS) is 1. The van der Waals surface area contributed by atoms with Gasteiger partial charge in [-0.25, -0.2) is 4.79 Å². The summed E-state index contributed by atoms with van der Waals surface area (Å²) in [6.45, 7) is 0.376. The topological polar surface area (TPSA) is 98.5 Å². The number of nitrogens with two attached hydrogens (primary N) is 1. The molecular formula is C12H11F3N2O4. The number of carbonyl (C=O) groups is 1. The fraction of sp³-hybridized carbons (Fsp3) is 0.167. The summed E-state index contributed by atoms with van der Waals surface area (Å²) in [5.74, 6) is -2.76. The smallest absolute Gasteiger partial charge is 0.475 e. The van der Waals surface area contributed by atoms with E-state index in [9.17, 15) is 18.0 Å². The van der Waals surface area contributed by atoms with E-state index in [0.717, 1.165) is 11.3 Å². The van der Waals surface area contributed by atoms with Crippen molar-refractivity contribution in [2.45, 2.75) is 12.7 Å². The molecule has 0 saturated heterocycles. The van der Waals surface area contributed by atoms with Crippen LogP contribution in [0.15, 0.2) is 46.1 Å². The minimum atomic E-state index is -5.08. The van der Waals surface area contributed by atoms with E-state index in [1.54, 1.807) is 12.3 Å². The first kappa shape index (κ1) is 16.5. The maximum absolute atomic E-state index is 11.6. The van der Waals surface area contributed by atoms with Crippen LogP contribution < -0.4 is 11.3 Å². The number of hydrogen-bond acceptors (Lipinski definition) is 4. The van der Waals surface area contributed by atoms with E-state index in [1.807, 2.05) is 6.07 Å². The quantitative estimate of drug-likeness (QED) is 0.876. The fourth-order valence-electron chi connectivity index (χ4n) is 1.25. The van der Waals surface area contributed by atoms with Crippen molar-refractivity contribution in [1.82, 2.24) is 4.57 Å². The Labute approximate surface area is 116 Å². The van der Waals surface area contributed by atoms with Crippen LogP contribution in [0.2, 0.25) is 0 Å². The summed E-state index contributed by atoms with van der Waals surface area (Å²) < 4.78 is 38.1. The van der Waals surface area contributed by atoms with Crippen LogP contribution in [0, 0.1) is 0 Å². The van der Waals surface area contributed by atoms with E-state index in [1.165, 1.54) is 23.2 Å². The lowest BCUT2D eigenvalue weighted by molar-refractivity contribution is -0.192. The van der Waals surface area contributed by atoms with E-state index < -0.39 is 12.1 Å². The van der Waals surface area contributed by atoms with Gasteiger partial charge in [-0.3, -0.25) is 9.36 Å². The SMILES string of the molecule is NCc1ccn(-c2ccoc2)c(=O)c1.O=C(O)C(F)(F)F. The Bertz CT molecular complexity index is 647. The van der Waals surface area contributed by atoms with Gasteiger partial charge in [0.05, 0.1) is 12.0 Å². The van der Waals surface area contributed by atoms with Gasteiger partial charge in [-0.05, 0) is 11.6 Å². The molecular weight excluding hydrogens is 293 g/mol. The van der Waals surface area contributed by atoms with Crippen LogP contribution in [0.5, 0.6) is 0 Å². The summed E-state index contributed by atoms with van der Waals surface area (Å²) in [5, 5.41) is 7.12. The van der Waals surface area contributed by atoms with Gasteiger partial charge in [0.25, 0.3) is 5.56 Å². The molecule has 114 valence electrons. The zero-order chi connectivity index (χ0) is 16.0. The van der Waals surface area contributed by atoms with Crippen molar-refractivity contribution >= 4 is 5.97 Å². The first-order chi connectivity index (χ1) is 9.75. The number of pyridine rings is 1. The molecule has 9 heteroatoms. The molecule has 2 aromatic rings. The molecule has 0 aliphatic heterocycles. The van der Waals surface area contributed by atoms with Crippen molar-refractivity contribution in [3.05, 3.63) is 52.8 Å². The van der Waals surface area contributed by atoms with Crippen LogP contribution >= 0.6 is 0 Å². The Morgan fingerprint density at radius 2 is 2.00 bits per heavy atom. The first-order valence-corrected chi connectivity index (χ1v) is 5.50. The van der Waals surface area contributed by atoms with Crippen LogP contribution in [0.4, 0.5) is 13.2 Å². The average molecular weight is 304 g/mol. The Hall–Kier alpha value is -2.55. The molecule has 3 N–H and O–H groups in total. The predicted molar refractivity (Wildman–Crippen MR) is 65.9 cm³/mol. The van der Waals surface area contributed by atoms with Crippen LogP contribution in [-0.4, -0.2) is 21.8 Å². The third-order valence-corrected chi connectivity index (χ3v) is 2.25. The van der Waals surface area contributed by atoms with E-state index >= 15 is 0 Å². The molecule has 0 aromatic carbocycles. The van der Waals surface area contributed by atoms with Crippen LogP contribution in [0.25, 0.3) is 5.69 Å². The molecule has 0 unspecified atom stereocenters. The number of rotatable bonds is 2. The molecule has 0 fully saturated rings. The number of alkyl halides is 3. The molecule has 0 bridgehead atoms. The first-order valence-electron chi connectivity index (χ1n) is 5.50. The number of carboxylic acids is 1. The average Bonchev–Trinajstić information content (AvgIpc) is 2.91. The molecule has 2 rings (SSSR count). The largest absolute Gasteiger partial charge is 0.490 e. The highest BCUT2D eigenvalue weighted by Crippen LogP contribution is 2.13. The number of furan rings is 1. The molecule has 0 spiro atoms. The maximum Gasteiger partial charge on any atom is 0.490 e. The zero-order valence-electron chi connectivity index (χ0n) is 10.5. The van der Waals surface area contributed by atoms with Crippen molar-refractivity contribution < 1.29 is 27.5 Å². The van der Waals surface area contributed by atoms with E-state index in [-0.39, 0.29) is 5.56 Å². The zero-order valence-corrected chi connectivity index (χ0v) is 10.5. The Morgan fingerprint density at radius 3 is 2.38 bits per heavy atom. The summed E-state index contributed by atoms with van der Waals surface area (Å²) in [7, 11) is 0. The molecule has 0 amide bonds. The number of hydrogen-bond donors (Lipinski definition) is 2. The molecule has 2 heterocycles. The summed E-state index contributed by atoms with van der Waals surface area (Å²) >= 11 is 0. The molecule has 0 aliphatic rings. The molecule has 6 nitrogen and oxygen atoms in total. The minimum absolute atomic E-state index is 0.102. The second-order valence-electron chi connectivity index (χ2n) is 3.73. The summed E-state index contributed by atoms with van der Waals surface area (Å²) in [6, 6.07) is 5.06. The van der Waals surface area contributed by atoms with Gasteiger partial charge in [0.2, 0.25) is 0 Å². The van der Waals surface area contributed by atoms with Gasteiger partial charge in [-0.15, -0.1) is 0 Å². The Morgan fingerprint density at radius 1 is 1.38 bits per heavy atom. The van der Waals surface area contributed by atoms with Crippen LogP contribution in [-0.2, 0) is 11.3 Å². The van der Waals surface area contributed by atoms with Gasteiger partial charge in [0.15, 0.2) is 0 Å². The third-order valence-electron chi connectivity index (χ3n) is 2.25. The van der Waals surface area contributed by atoms with E-state index in [0.29, 0.717) is 6.54 Å². The van der Waals surface area contributed by atoms with Gasteiger partial charge in [-0.2, -0.15) is 13.2 Å². The van der Waals surface area contributed by atoms with Crippen molar-refractivity contribution in [1.29, 1.82) is 0 Å². The second-order valence-corrected chi connectivity index (χ2v) is 3.73. The normalized spacial score (nSPS) is 10.7. The summed E-state index contributed by atoms with van der Waals surface area (Å²) in [4.78, 5) is 20.5. The lowest BCUT2D eigenvalue weighted by Gasteiger charge is -2.02. The highest BCUT2D eigenvalue weighted by atomic mass is 19.4. The van der Waals surface area contributed by atoms with Crippen molar-refractivity contribution in [3.63, 3.8) is 0 Å². The van der Waals surface area contributed by atoms with Gasteiger partial charge in [0, 0.05) is 24.9 Å². The van der Waals surface area contributed by atoms with Crippen molar-refractivity contribution in [3.8, 4) is 5.69 Å². The van der Waals surface area contributed by atoms with Gasteiger partial charge < -0.3 is 15.3 Å². The minimum Gasteiger partial charge on any atom is -0.475 e. The fourth-order valence-corrected chi connectivity index (χ4v) is 1.25. The van der Waals surface area contributed by atoms with Crippen molar-refractivity contribution in [2.75, 3.05) is 0 Å². The molecule has 0 aliphatic carbocycles. The molecule has 0 saturated carbocycles. The molecule has 0 radical (unpaired) electrons. The number of aromatic nitrogens is 1.